The highest BCUT2D eigenvalue weighted by Gasteiger charge is 2.22. The second-order valence-electron chi connectivity index (χ2n) is 5.19. The van der Waals surface area contributed by atoms with Gasteiger partial charge in [-0.3, -0.25) is 0 Å². The normalized spacial score (nSPS) is 23.5. The van der Waals surface area contributed by atoms with Crippen LogP contribution in [0.3, 0.4) is 0 Å². The van der Waals surface area contributed by atoms with Crippen LogP contribution in [0.4, 0.5) is 5.69 Å². The number of nitrogens with one attached hydrogen (secondary N) is 3. The molecule has 0 bridgehead atoms. The maximum atomic E-state index is 12.0. The predicted octanol–water partition coefficient (Wildman–Crippen LogP) is 1.54. The molecule has 0 heterocycles. The molecule has 1 aromatic rings. The molecule has 1 fully saturated rings. The molecule has 0 atom stereocenters. The number of sulfonamides is 1. The minimum absolute atomic E-state index is 0.318. The van der Waals surface area contributed by atoms with Crippen molar-refractivity contribution in [2.45, 2.75) is 42.7 Å². The lowest BCUT2D eigenvalue weighted by Crippen LogP contribution is -2.35. The van der Waals surface area contributed by atoms with Crippen LogP contribution in [0, 0.1) is 0 Å². The molecule has 1 aliphatic rings. The van der Waals surface area contributed by atoms with Gasteiger partial charge in [-0.05, 0) is 51.9 Å². The van der Waals surface area contributed by atoms with E-state index in [0.717, 1.165) is 25.7 Å². The predicted molar refractivity (Wildman–Crippen MR) is 81.4 cm³/mol. The van der Waals surface area contributed by atoms with Crippen molar-refractivity contribution in [2.24, 2.45) is 0 Å². The fourth-order valence-electron chi connectivity index (χ4n) is 2.68. The Morgan fingerprint density at radius 3 is 2.20 bits per heavy atom. The van der Waals surface area contributed by atoms with Gasteiger partial charge in [-0.2, -0.15) is 0 Å². The number of para-hydroxylation sites is 1. The van der Waals surface area contributed by atoms with Crippen LogP contribution in [0.25, 0.3) is 0 Å². The Labute approximate surface area is 121 Å². The summed E-state index contributed by atoms with van der Waals surface area (Å²) < 4.78 is 26.4. The van der Waals surface area contributed by atoms with Crippen molar-refractivity contribution in [3.05, 3.63) is 24.3 Å². The van der Waals surface area contributed by atoms with Crippen LogP contribution in [0.1, 0.15) is 25.7 Å². The van der Waals surface area contributed by atoms with Gasteiger partial charge in [0.25, 0.3) is 0 Å². The van der Waals surface area contributed by atoms with E-state index in [-0.39, 0.29) is 0 Å². The Bertz CT molecular complexity index is 537. The molecule has 0 aliphatic heterocycles. The Kier molecular flexibility index (Phi) is 5.01. The van der Waals surface area contributed by atoms with Gasteiger partial charge < -0.3 is 10.6 Å². The largest absolute Gasteiger partial charge is 0.381 e. The minimum Gasteiger partial charge on any atom is -0.381 e. The van der Waals surface area contributed by atoms with Crippen LogP contribution >= 0.6 is 0 Å². The van der Waals surface area contributed by atoms with Gasteiger partial charge in [0.2, 0.25) is 10.0 Å². The van der Waals surface area contributed by atoms with Crippen LogP contribution in [-0.4, -0.2) is 34.6 Å². The molecule has 5 nitrogen and oxygen atoms in total. The highest BCUT2D eigenvalue weighted by atomic mass is 32.2. The van der Waals surface area contributed by atoms with Gasteiger partial charge in [-0.15, -0.1) is 0 Å². The van der Waals surface area contributed by atoms with E-state index in [9.17, 15) is 8.42 Å². The van der Waals surface area contributed by atoms with E-state index in [1.54, 1.807) is 12.1 Å². The van der Waals surface area contributed by atoms with Crippen LogP contribution in [-0.2, 0) is 10.0 Å². The second-order valence-corrected chi connectivity index (χ2v) is 7.04. The smallest absolute Gasteiger partial charge is 0.242 e. The highest BCUT2D eigenvalue weighted by Crippen LogP contribution is 2.26. The maximum Gasteiger partial charge on any atom is 0.242 e. The van der Waals surface area contributed by atoms with Crippen molar-refractivity contribution in [1.82, 2.24) is 10.0 Å². The quantitative estimate of drug-likeness (QED) is 0.771. The zero-order valence-corrected chi connectivity index (χ0v) is 12.8. The Morgan fingerprint density at radius 1 is 1.00 bits per heavy atom. The number of benzene rings is 1. The third kappa shape index (κ3) is 3.50. The third-order valence-electron chi connectivity index (χ3n) is 3.94. The first-order chi connectivity index (χ1) is 9.56. The summed E-state index contributed by atoms with van der Waals surface area (Å²) in [6, 6.07) is 7.99. The van der Waals surface area contributed by atoms with Crippen LogP contribution in [0.15, 0.2) is 29.2 Å². The average Bonchev–Trinajstić information content (AvgIpc) is 2.48. The van der Waals surface area contributed by atoms with Crippen molar-refractivity contribution in [1.29, 1.82) is 0 Å². The Morgan fingerprint density at radius 2 is 1.60 bits per heavy atom. The van der Waals surface area contributed by atoms with Crippen LogP contribution in [0.2, 0.25) is 0 Å². The van der Waals surface area contributed by atoms with Gasteiger partial charge >= 0.3 is 0 Å². The van der Waals surface area contributed by atoms with Crippen molar-refractivity contribution >= 4 is 15.7 Å². The molecule has 1 saturated carbocycles. The van der Waals surface area contributed by atoms with Crippen molar-refractivity contribution in [2.75, 3.05) is 19.4 Å². The van der Waals surface area contributed by atoms with E-state index in [2.05, 4.69) is 15.4 Å². The number of rotatable bonds is 5. The number of hydrogen-bond donors (Lipinski definition) is 3. The molecule has 0 radical (unpaired) electrons. The van der Waals surface area contributed by atoms with E-state index in [1.807, 2.05) is 19.2 Å². The molecule has 6 heteroatoms. The topological polar surface area (TPSA) is 70.2 Å². The SMILES string of the molecule is CNC1CCC(Nc2ccccc2S(=O)(=O)NC)CC1. The summed E-state index contributed by atoms with van der Waals surface area (Å²) in [6.07, 6.45) is 4.35. The van der Waals surface area contributed by atoms with Gasteiger partial charge in [0.05, 0.1) is 5.69 Å². The zero-order chi connectivity index (χ0) is 14.6. The molecule has 0 amide bonds. The standard InChI is InChI=1S/C14H23N3O2S/c1-15-11-7-9-12(10-8-11)17-13-5-3-4-6-14(13)20(18,19)16-2/h3-6,11-12,15-17H,7-10H2,1-2H3. The summed E-state index contributed by atoms with van der Waals surface area (Å²) in [7, 11) is 0.00814. The summed E-state index contributed by atoms with van der Waals surface area (Å²) >= 11 is 0. The van der Waals surface area contributed by atoms with Crippen molar-refractivity contribution < 1.29 is 8.42 Å². The molecule has 2 rings (SSSR count). The summed E-state index contributed by atoms with van der Waals surface area (Å²) in [5, 5.41) is 6.69. The summed E-state index contributed by atoms with van der Waals surface area (Å²) in [5.41, 5.74) is 0.690. The monoisotopic (exact) mass is 297 g/mol. The molecular formula is C14H23N3O2S. The van der Waals surface area contributed by atoms with E-state index in [0.29, 0.717) is 22.7 Å². The van der Waals surface area contributed by atoms with Gasteiger partial charge in [-0.1, -0.05) is 12.1 Å². The Hall–Kier alpha value is -1.11. The minimum atomic E-state index is -3.42. The molecular weight excluding hydrogens is 274 g/mol. The number of hydrogen-bond acceptors (Lipinski definition) is 4. The highest BCUT2D eigenvalue weighted by molar-refractivity contribution is 7.89. The fraction of sp³-hybridized carbons (Fsp3) is 0.571. The first-order valence-corrected chi connectivity index (χ1v) is 8.51. The molecule has 3 N–H and O–H groups in total. The summed E-state index contributed by atoms with van der Waals surface area (Å²) in [5.74, 6) is 0. The van der Waals surface area contributed by atoms with Gasteiger partial charge in [0.15, 0.2) is 0 Å². The van der Waals surface area contributed by atoms with E-state index in [1.165, 1.54) is 7.05 Å². The first kappa shape index (κ1) is 15.3. The van der Waals surface area contributed by atoms with E-state index >= 15 is 0 Å². The summed E-state index contributed by atoms with van der Waals surface area (Å²) in [4.78, 5) is 0.318. The Balaban J connectivity index is 2.11. The summed E-state index contributed by atoms with van der Waals surface area (Å²) in [6.45, 7) is 0. The second kappa shape index (κ2) is 6.56. The van der Waals surface area contributed by atoms with Crippen LogP contribution in [0.5, 0.6) is 0 Å². The molecule has 0 saturated heterocycles. The lowest BCUT2D eigenvalue weighted by Gasteiger charge is -2.30. The van der Waals surface area contributed by atoms with Crippen LogP contribution < -0.4 is 15.4 Å². The van der Waals surface area contributed by atoms with Crippen molar-refractivity contribution in [3.8, 4) is 0 Å². The molecule has 1 aliphatic carbocycles. The molecule has 20 heavy (non-hydrogen) atoms. The van der Waals surface area contributed by atoms with Gasteiger partial charge in [-0.25, -0.2) is 13.1 Å². The first-order valence-electron chi connectivity index (χ1n) is 7.03. The zero-order valence-electron chi connectivity index (χ0n) is 12.0. The lowest BCUT2D eigenvalue weighted by molar-refractivity contribution is 0.371. The molecule has 0 spiro atoms. The van der Waals surface area contributed by atoms with Crippen molar-refractivity contribution in [3.63, 3.8) is 0 Å². The fourth-order valence-corrected chi connectivity index (χ4v) is 3.57. The van der Waals surface area contributed by atoms with Gasteiger partial charge in [0, 0.05) is 12.1 Å². The molecule has 0 aromatic heterocycles. The van der Waals surface area contributed by atoms with E-state index < -0.39 is 10.0 Å². The van der Waals surface area contributed by atoms with E-state index in [4.69, 9.17) is 0 Å². The average molecular weight is 297 g/mol. The lowest BCUT2D eigenvalue weighted by atomic mass is 9.91. The maximum absolute atomic E-state index is 12.0. The molecule has 112 valence electrons. The third-order valence-corrected chi connectivity index (χ3v) is 5.41. The molecule has 0 unspecified atom stereocenters. The van der Waals surface area contributed by atoms with Gasteiger partial charge in [0.1, 0.15) is 4.90 Å². The molecule has 1 aromatic carbocycles. The number of anilines is 1.